The molecule has 1 unspecified atom stereocenters. The van der Waals surface area contributed by atoms with E-state index < -0.39 is 18.1 Å². The summed E-state index contributed by atoms with van der Waals surface area (Å²) < 4.78 is 5.72. The monoisotopic (exact) mass is 483 g/mol. The van der Waals surface area contributed by atoms with Gasteiger partial charge in [0.1, 0.15) is 12.1 Å². The number of halogens is 1. The van der Waals surface area contributed by atoms with Gasteiger partial charge in [-0.15, -0.1) is 0 Å². The Morgan fingerprint density at radius 3 is 2.62 bits per heavy atom. The van der Waals surface area contributed by atoms with Gasteiger partial charge in [-0.25, -0.2) is 9.59 Å². The molecule has 0 spiro atoms. The van der Waals surface area contributed by atoms with Gasteiger partial charge in [0.25, 0.3) is 0 Å². The number of aromatic nitrogens is 1. The van der Waals surface area contributed by atoms with Gasteiger partial charge in [0.05, 0.1) is 16.8 Å². The predicted molar refractivity (Wildman–Crippen MR) is 128 cm³/mol. The van der Waals surface area contributed by atoms with Crippen LogP contribution in [-0.2, 0) is 22.4 Å². The van der Waals surface area contributed by atoms with Crippen LogP contribution in [0.25, 0.3) is 0 Å². The van der Waals surface area contributed by atoms with E-state index in [4.69, 9.17) is 21.3 Å². The summed E-state index contributed by atoms with van der Waals surface area (Å²) in [5, 5.41) is 10.7. The average Bonchev–Trinajstić information content (AvgIpc) is 3.01. The summed E-state index contributed by atoms with van der Waals surface area (Å²) in [7, 11) is 0. The molecule has 0 bridgehead atoms. The van der Waals surface area contributed by atoms with Crippen LogP contribution in [0.4, 0.5) is 4.79 Å². The van der Waals surface area contributed by atoms with Gasteiger partial charge >= 0.3 is 12.1 Å². The van der Waals surface area contributed by atoms with Gasteiger partial charge in [-0.2, -0.15) is 0 Å². The van der Waals surface area contributed by atoms with E-state index in [9.17, 15) is 14.7 Å². The molecule has 1 amide bonds. The number of aryl methyl sites for hydroxylation is 2. The summed E-state index contributed by atoms with van der Waals surface area (Å²) >= 11 is 6.26. The highest BCUT2D eigenvalue weighted by Crippen LogP contribution is 2.37. The van der Waals surface area contributed by atoms with Crippen LogP contribution in [0.2, 0.25) is 5.02 Å². The van der Waals surface area contributed by atoms with Crippen LogP contribution >= 0.6 is 11.6 Å². The van der Waals surface area contributed by atoms with Gasteiger partial charge in [-0.1, -0.05) is 42.3 Å². The number of carbonyl (C=O) groups is 2. The molecular weight excluding hydrogens is 454 g/mol. The molecule has 2 heterocycles. The number of benzene rings is 1. The Bertz CT molecular complexity index is 1070. The summed E-state index contributed by atoms with van der Waals surface area (Å²) in [6, 6.07) is 9.08. The zero-order chi connectivity index (χ0) is 23.7. The zero-order valence-electron chi connectivity index (χ0n) is 19.2. The SMILES string of the molecule is O=C(O)[C@H]1CN(C2c3ccccc3CCc3cc(Cl)cnc32)CCN1C(=O)OC1CCCCC1. The number of hydrogen-bond donors (Lipinski definition) is 1. The molecule has 2 aromatic rings. The van der Waals surface area contributed by atoms with E-state index in [1.165, 1.54) is 10.5 Å². The van der Waals surface area contributed by atoms with Crippen molar-refractivity contribution in [1.82, 2.24) is 14.8 Å². The normalized spacial score (nSPS) is 23.5. The molecule has 34 heavy (non-hydrogen) atoms. The number of carbonyl (C=O) groups excluding carboxylic acids is 1. The van der Waals surface area contributed by atoms with Crippen molar-refractivity contribution in [3.8, 4) is 0 Å². The van der Waals surface area contributed by atoms with E-state index >= 15 is 0 Å². The minimum atomic E-state index is -1.02. The van der Waals surface area contributed by atoms with Crippen LogP contribution in [0.15, 0.2) is 36.5 Å². The standard InChI is InChI=1S/C26H30ClN3O4/c27-19-14-18-11-10-17-6-4-5-9-21(17)24(23(18)28-15-19)29-12-13-30(22(16-29)25(31)32)26(33)34-20-7-2-1-3-8-20/h4-6,9,14-15,20,22,24H,1-3,7-8,10-13,16H2,(H,31,32)/t22-,24?/m1/s1. The third-order valence-electron chi connectivity index (χ3n) is 7.36. The van der Waals surface area contributed by atoms with Crippen molar-refractivity contribution in [3.63, 3.8) is 0 Å². The van der Waals surface area contributed by atoms with Gasteiger partial charge in [0.2, 0.25) is 0 Å². The van der Waals surface area contributed by atoms with E-state index in [1.807, 2.05) is 18.2 Å². The molecule has 2 fully saturated rings. The molecule has 3 aliphatic rings. The molecule has 180 valence electrons. The van der Waals surface area contributed by atoms with Crippen LogP contribution in [-0.4, -0.2) is 63.7 Å². The summed E-state index contributed by atoms with van der Waals surface area (Å²) in [6.07, 6.45) is 7.71. The molecule has 1 saturated heterocycles. The molecule has 0 radical (unpaired) electrons. The third kappa shape index (κ3) is 4.64. The smallest absolute Gasteiger partial charge is 0.410 e. The minimum absolute atomic E-state index is 0.108. The molecular formula is C26H30ClN3O4. The van der Waals surface area contributed by atoms with E-state index in [-0.39, 0.29) is 18.7 Å². The highest BCUT2D eigenvalue weighted by atomic mass is 35.5. The van der Waals surface area contributed by atoms with E-state index in [1.54, 1.807) is 6.20 Å². The van der Waals surface area contributed by atoms with Crippen LogP contribution in [0, 0.1) is 0 Å². The fourth-order valence-electron chi connectivity index (χ4n) is 5.61. The Hall–Kier alpha value is -2.64. The number of aliphatic carboxylic acids is 1. The second kappa shape index (κ2) is 9.92. The van der Waals surface area contributed by atoms with Crippen LogP contribution in [0.1, 0.15) is 60.5 Å². The number of piperazine rings is 1. The molecule has 1 aromatic carbocycles. The molecule has 8 heteroatoms. The summed E-state index contributed by atoms with van der Waals surface area (Å²) in [6.45, 7) is 1.04. The fraction of sp³-hybridized carbons (Fsp3) is 0.500. The Labute approximate surface area is 204 Å². The first-order valence-corrected chi connectivity index (χ1v) is 12.6. The molecule has 1 saturated carbocycles. The number of carboxylic acids is 1. The van der Waals surface area contributed by atoms with E-state index in [2.05, 4.69) is 17.0 Å². The number of amides is 1. The van der Waals surface area contributed by atoms with Crippen molar-refractivity contribution in [3.05, 3.63) is 63.9 Å². The lowest BCUT2D eigenvalue weighted by Crippen LogP contribution is -2.59. The highest BCUT2D eigenvalue weighted by molar-refractivity contribution is 6.30. The second-order valence-corrected chi connectivity index (χ2v) is 9.92. The molecule has 2 aliphatic carbocycles. The largest absolute Gasteiger partial charge is 0.480 e. The lowest BCUT2D eigenvalue weighted by atomic mass is 9.95. The lowest BCUT2D eigenvalue weighted by molar-refractivity contribution is -0.145. The van der Waals surface area contributed by atoms with Gasteiger partial charge in [-0.05, 0) is 61.3 Å². The molecule has 1 N–H and O–H groups in total. The third-order valence-corrected chi connectivity index (χ3v) is 7.56. The van der Waals surface area contributed by atoms with Crippen molar-refractivity contribution >= 4 is 23.7 Å². The number of ether oxygens (including phenoxy) is 1. The topological polar surface area (TPSA) is 83.0 Å². The van der Waals surface area contributed by atoms with Crippen molar-refractivity contribution < 1.29 is 19.4 Å². The first kappa shape index (κ1) is 23.1. The maximum Gasteiger partial charge on any atom is 0.410 e. The molecule has 2 atom stereocenters. The van der Waals surface area contributed by atoms with Gasteiger partial charge < -0.3 is 9.84 Å². The minimum Gasteiger partial charge on any atom is -0.480 e. The number of nitrogens with zero attached hydrogens (tertiary/aromatic N) is 3. The number of fused-ring (bicyclic) bond motifs is 2. The molecule has 1 aliphatic heterocycles. The number of carboxylic acid groups (broad SMARTS) is 1. The maximum atomic E-state index is 12.9. The Balaban J connectivity index is 1.42. The predicted octanol–water partition coefficient (Wildman–Crippen LogP) is 4.46. The lowest BCUT2D eigenvalue weighted by Gasteiger charge is -2.43. The number of hydrogen-bond acceptors (Lipinski definition) is 5. The van der Waals surface area contributed by atoms with Gasteiger partial charge in [-0.3, -0.25) is 14.8 Å². The van der Waals surface area contributed by atoms with Crippen LogP contribution in [0.3, 0.4) is 0 Å². The van der Waals surface area contributed by atoms with Crippen LogP contribution in [0.5, 0.6) is 0 Å². The molecule has 1 aromatic heterocycles. The zero-order valence-corrected chi connectivity index (χ0v) is 19.9. The van der Waals surface area contributed by atoms with Crippen LogP contribution < -0.4 is 0 Å². The van der Waals surface area contributed by atoms with Crippen molar-refractivity contribution in [2.45, 2.75) is 63.1 Å². The van der Waals surface area contributed by atoms with Gasteiger partial charge in [0.15, 0.2) is 0 Å². The maximum absolute atomic E-state index is 12.9. The summed E-state index contributed by atoms with van der Waals surface area (Å²) in [5.74, 6) is -1.02. The first-order chi connectivity index (χ1) is 16.5. The van der Waals surface area contributed by atoms with E-state index in [0.29, 0.717) is 18.1 Å². The summed E-state index contributed by atoms with van der Waals surface area (Å²) in [5.41, 5.74) is 4.36. The molecule has 5 rings (SSSR count). The summed E-state index contributed by atoms with van der Waals surface area (Å²) in [4.78, 5) is 33.5. The molecule has 7 nitrogen and oxygen atoms in total. The van der Waals surface area contributed by atoms with E-state index in [0.717, 1.165) is 61.8 Å². The van der Waals surface area contributed by atoms with Crippen molar-refractivity contribution in [1.29, 1.82) is 0 Å². The first-order valence-electron chi connectivity index (χ1n) is 12.2. The average molecular weight is 484 g/mol. The quantitative estimate of drug-likeness (QED) is 0.693. The van der Waals surface area contributed by atoms with Crippen molar-refractivity contribution in [2.75, 3.05) is 19.6 Å². The fourth-order valence-corrected chi connectivity index (χ4v) is 5.80. The Morgan fingerprint density at radius 2 is 1.82 bits per heavy atom. The number of rotatable bonds is 3. The number of pyridine rings is 1. The van der Waals surface area contributed by atoms with Crippen molar-refractivity contribution in [2.24, 2.45) is 0 Å². The second-order valence-electron chi connectivity index (χ2n) is 9.49. The Kier molecular flexibility index (Phi) is 6.75. The Morgan fingerprint density at radius 1 is 1.06 bits per heavy atom. The highest BCUT2D eigenvalue weighted by Gasteiger charge is 2.41. The van der Waals surface area contributed by atoms with Gasteiger partial charge in [0, 0.05) is 25.8 Å².